The van der Waals surface area contributed by atoms with Crippen LogP contribution in [0.5, 0.6) is 0 Å². The van der Waals surface area contributed by atoms with Gasteiger partial charge in [0, 0.05) is 5.41 Å². The molecule has 0 radical (unpaired) electrons. The smallest absolute Gasteiger partial charge is 0.100 e. The molecule has 0 bridgehead atoms. The number of aliphatic hydroxyl groups excluding tert-OH is 8. The molecular formula is C11H28O8. The molecule has 0 aliphatic rings. The van der Waals surface area contributed by atoms with E-state index in [2.05, 4.69) is 0 Å². The van der Waals surface area contributed by atoms with Crippen molar-refractivity contribution in [3.8, 4) is 0 Å². The molecule has 0 fully saturated rings. The Hall–Kier alpha value is -0.320. The Labute approximate surface area is 113 Å². The van der Waals surface area contributed by atoms with Gasteiger partial charge in [-0.3, -0.25) is 0 Å². The molecule has 0 atom stereocenters. The predicted octanol–water partition coefficient (Wildman–Crippen LogP) is -3.34. The summed E-state index contributed by atoms with van der Waals surface area (Å²) in [6.45, 7) is 0.374. The van der Waals surface area contributed by atoms with E-state index in [9.17, 15) is 0 Å². The van der Waals surface area contributed by atoms with Gasteiger partial charge in [-0.2, -0.15) is 0 Å². The highest BCUT2D eigenvalue weighted by Gasteiger charge is 2.24. The largest absolute Gasteiger partial charge is 0.396 e. The molecular weight excluding hydrogens is 260 g/mol. The minimum atomic E-state index is -0.954. The second kappa shape index (κ2) is 17.7. The van der Waals surface area contributed by atoms with Gasteiger partial charge in [-0.15, -0.1) is 0 Å². The predicted molar refractivity (Wildman–Crippen MR) is 68.3 cm³/mol. The van der Waals surface area contributed by atoms with Crippen molar-refractivity contribution in [2.75, 3.05) is 46.2 Å². The molecule has 0 saturated heterocycles. The summed E-state index contributed by atoms with van der Waals surface area (Å²) in [6.07, 6.45) is -0.360. The molecule has 120 valence electrons. The molecule has 19 heavy (non-hydrogen) atoms. The van der Waals surface area contributed by atoms with Crippen LogP contribution in [-0.4, -0.2) is 93.2 Å². The van der Waals surface area contributed by atoms with Gasteiger partial charge in [0.15, 0.2) is 0 Å². The quantitative estimate of drug-likeness (QED) is 0.241. The standard InChI is InChI=1S/C6H14O3.C3H8O3.C2H6O2/c1-2-6(3-7,4-8)5-9;4-1-3(6)2-5;3-1-2-4/h7-9H,2-5H2,1H3;3-6H,1-2H2;3-4H,1-2H2. The Morgan fingerprint density at radius 2 is 1.05 bits per heavy atom. The van der Waals surface area contributed by atoms with E-state index in [1.807, 2.05) is 6.92 Å². The Bertz CT molecular complexity index is 128. The van der Waals surface area contributed by atoms with Crippen LogP contribution in [0.15, 0.2) is 0 Å². The van der Waals surface area contributed by atoms with Crippen molar-refractivity contribution in [2.45, 2.75) is 19.4 Å². The molecule has 8 nitrogen and oxygen atoms in total. The summed E-state index contributed by atoms with van der Waals surface area (Å²) in [4.78, 5) is 0. The normalized spacial score (nSPS) is 10.4. The zero-order valence-electron chi connectivity index (χ0n) is 11.3. The highest BCUT2D eigenvalue weighted by Crippen LogP contribution is 2.18. The fourth-order valence-electron chi connectivity index (χ4n) is 0.543. The molecule has 0 aromatic rings. The van der Waals surface area contributed by atoms with Crippen LogP contribution >= 0.6 is 0 Å². The van der Waals surface area contributed by atoms with E-state index in [4.69, 9.17) is 40.9 Å². The van der Waals surface area contributed by atoms with Crippen LogP contribution in [0.3, 0.4) is 0 Å². The molecule has 0 unspecified atom stereocenters. The Kier molecular flexibility index (Phi) is 22.1. The van der Waals surface area contributed by atoms with Crippen molar-refractivity contribution < 1.29 is 40.9 Å². The first-order valence-corrected chi connectivity index (χ1v) is 5.91. The number of rotatable bonds is 7. The van der Waals surface area contributed by atoms with E-state index in [0.717, 1.165) is 0 Å². The van der Waals surface area contributed by atoms with Crippen LogP contribution in [0, 0.1) is 5.41 Å². The molecule has 0 aromatic heterocycles. The van der Waals surface area contributed by atoms with Gasteiger partial charge in [-0.1, -0.05) is 6.92 Å². The summed E-state index contributed by atoms with van der Waals surface area (Å²) in [5.41, 5.74) is -0.667. The molecule has 0 spiro atoms. The first-order valence-electron chi connectivity index (χ1n) is 5.91. The molecule has 8 heteroatoms. The monoisotopic (exact) mass is 288 g/mol. The minimum absolute atomic E-state index is 0.125. The summed E-state index contributed by atoms with van der Waals surface area (Å²) < 4.78 is 0. The summed E-state index contributed by atoms with van der Waals surface area (Å²) in [6, 6.07) is 0. The number of hydrogen-bond acceptors (Lipinski definition) is 8. The second-order valence-electron chi connectivity index (χ2n) is 3.79. The van der Waals surface area contributed by atoms with Crippen molar-refractivity contribution in [1.82, 2.24) is 0 Å². The van der Waals surface area contributed by atoms with Crippen LogP contribution in [0.2, 0.25) is 0 Å². The van der Waals surface area contributed by atoms with Crippen LogP contribution in [0.25, 0.3) is 0 Å². The van der Waals surface area contributed by atoms with E-state index >= 15 is 0 Å². The van der Waals surface area contributed by atoms with E-state index in [-0.39, 0.29) is 46.2 Å². The van der Waals surface area contributed by atoms with Gasteiger partial charge in [0.25, 0.3) is 0 Å². The lowest BCUT2D eigenvalue weighted by atomic mass is 9.88. The number of hydrogen-bond donors (Lipinski definition) is 8. The molecule has 0 rings (SSSR count). The average molecular weight is 288 g/mol. The van der Waals surface area contributed by atoms with Crippen molar-refractivity contribution in [1.29, 1.82) is 0 Å². The van der Waals surface area contributed by atoms with Gasteiger partial charge in [0.1, 0.15) is 6.10 Å². The average Bonchev–Trinajstić information content (AvgIpc) is 2.50. The molecule has 0 amide bonds. The van der Waals surface area contributed by atoms with Crippen molar-refractivity contribution in [3.05, 3.63) is 0 Å². The lowest BCUT2D eigenvalue weighted by Gasteiger charge is -2.24. The SMILES string of the molecule is CCC(CO)(CO)CO.OCC(O)CO.OCCO. The first kappa shape index (κ1) is 23.7. The van der Waals surface area contributed by atoms with E-state index in [1.165, 1.54) is 0 Å². The van der Waals surface area contributed by atoms with Gasteiger partial charge in [0.2, 0.25) is 0 Å². The third-order valence-corrected chi connectivity index (χ3v) is 2.28. The van der Waals surface area contributed by atoms with Crippen LogP contribution in [0.4, 0.5) is 0 Å². The van der Waals surface area contributed by atoms with Crippen LogP contribution < -0.4 is 0 Å². The summed E-state index contributed by atoms with van der Waals surface area (Å²) >= 11 is 0. The Balaban J connectivity index is -0.000000222. The summed E-state index contributed by atoms with van der Waals surface area (Å²) in [7, 11) is 0. The maximum atomic E-state index is 8.66. The first-order chi connectivity index (χ1) is 8.96. The fraction of sp³-hybridized carbons (Fsp3) is 1.00. The molecule has 0 aromatic carbocycles. The summed E-state index contributed by atoms with van der Waals surface area (Å²) in [5, 5.41) is 65.2. The van der Waals surface area contributed by atoms with Crippen molar-refractivity contribution in [3.63, 3.8) is 0 Å². The van der Waals surface area contributed by atoms with Crippen LogP contribution in [0.1, 0.15) is 13.3 Å². The highest BCUT2D eigenvalue weighted by molar-refractivity contribution is 4.74. The maximum Gasteiger partial charge on any atom is 0.100 e. The van der Waals surface area contributed by atoms with Gasteiger partial charge in [-0.25, -0.2) is 0 Å². The minimum Gasteiger partial charge on any atom is -0.396 e. The Morgan fingerprint density at radius 1 is 0.737 bits per heavy atom. The molecule has 8 N–H and O–H groups in total. The lowest BCUT2D eigenvalue weighted by Crippen LogP contribution is -2.32. The number of aliphatic hydroxyl groups is 8. The van der Waals surface area contributed by atoms with Crippen molar-refractivity contribution in [2.24, 2.45) is 5.41 Å². The molecule has 0 aliphatic carbocycles. The third-order valence-electron chi connectivity index (χ3n) is 2.28. The maximum absolute atomic E-state index is 8.66. The Morgan fingerprint density at radius 3 is 1.05 bits per heavy atom. The van der Waals surface area contributed by atoms with Crippen LogP contribution in [-0.2, 0) is 0 Å². The molecule has 0 saturated carbocycles. The summed E-state index contributed by atoms with van der Waals surface area (Å²) in [5.74, 6) is 0. The topological polar surface area (TPSA) is 162 Å². The molecule has 0 aliphatic heterocycles. The fourth-order valence-corrected chi connectivity index (χ4v) is 0.543. The van der Waals surface area contributed by atoms with Gasteiger partial charge >= 0.3 is 0 Å². The van der Waals surface area contributed by atoms with E-state index in [1.54, 1.807) is 0 Å². The lowest BCUT2D eigenvalue weighted by molar-refractivity contribution is 0.00304. The van der Waals surface area contributed by atoms with Crippen molar-refractivity contribution >= 4 is 0 Å². The van der Waals surface area contributed by atoms with Gasteiger partial charge in [0.05, 0.1) is 46.2 Å². The van der Waals surface area contributed by atoms with E-state index < -0.39 is 11.5 Å². The molecule has 0 heterocycles. The highest BCUT2D eigenvalue weighted by atomic mass is 16.3. The zero-order valence-corrected chi connectivity index (χ0v) is 11.3. The van der Waals surface area contributed by atoms with Gasteiger partial charge in [-0.05, 0) is 6.42 Å². The van der Waals surface area contributed by atoms with Gasteiger partial charge < -0.3 is 40.9 Å². The zero-order chi connectivity index (χ0) is 15.7. The second-order valence-corrected chi connectivity index (χ2v) is 3.79. The third kappa shape index (κ3) is 15.6. The van der Waals surface area contributed by atoms with E-state index in [0.29, 0.717) is 6.42 Å².